The lowest BCUT2D eigenvalue weighted by atomic mass is 9.86. The SMILES string of the molecule is CC(C)(C)OC(=O)NCCCOc1cc(O)cc2c1[B]OC2. The van der Waals surface area contributed by atoms with Crippen LogP contribution < -0.4 is 15.5 Å². The highest BCUT2D eigenvalue weighted by Gasteiger charge is 2.20. The third-order valence-corrected chi connectivity index (χ3v) is 2.90. The molecule has 0 aliphatic carbocycles. The molecule has 0 bridgehead atoms. The number of ether oxygens (including phenoxy) is 2. The van der Waals surface area contributed by atoms with Gasteiger partial charge in [0.15, 0.2) is 0 Å². The van der Waals surface area contributed by atoms with E-state index in [4.69, 9.17) is 14.1 Å². The quantitative estimate of drug-likeness (QED) is 0.636. The van der Waals surface area contributed by atoms with Crippen LogP contribution in [0.1, 0.15) is 32.8 Å². The number of alkyl carbamates (subject to hydrolysis) is 1. The minimum atomic E-state index is -0.501. The number of fused-ring (bicyclic) bond motifs is 1. The zero-order valence-corrected chi connectivity index (χ0v) is 13.1. The van der Waals surface area contributed by atoms with Crippen molar-refractivity contribution < 1.29 is 24.0 Å². The molecule has 119 valence electrons. The van der Waals surface area contributed by atoms with Gasteiger partial charge in [-0.05, 0) is 44.3 Å². The molecule has 2 N–H and O–H groups in total. The largest absolute Gasteiger partial charge is 0.508 e. The summed E-state index contributed by atoms with van der Waals surface area (Å²) in [5, 5.41) is 12.3. The van der Waals surface area contributed by atoms with Crippen molar-refractivity contribution in [1.82, 2.24) is 5.32 Å². The minimum absolute atomic E-state index is 0.152. The molecule has 0 atom stereocenters. The van der Waals surface area contributed by atoms with Crippen LogP contribution in [0.15, 0.2) is 12.1 Å². The summed E-state index contributed by atoms with van der Waals surface area (Å²) in [4.78, 5) is 11.5. The highest BCUT2D eigenvalue weighted by atomic mass is 16.6. The van der Waals surface area contributed by atoms with Gasteiger partial charge in [-0.3, -0.25) is 0 Å². The molecule has 0 unspecified atom stereocenters. The molecule has 1 aliphatic rings. The van der Waals surface area contributed by atoms with Crippen molar-refractivity contribution >= 4 is 19.0 Å². The molecule has 22 heavy (non-hydrogen) atoms. The third kappa shape index (κ3) is 4.84. The summed E-state index contributed by atoms with van der Waals surface area (Å²) in [6.07, 6.45) is 0.192. The lowest BCUT2D eigenvalue weighted by Gasteiger charge is -2.19. The summed E-state index contributed by atoms with van der Waals surface area (Å²) in [5.41, 5.74) is 1.26. The Morgan fingerprint density at radius 2 is 2.23 bits per heavy atom. The van der Waals surface area contributed by atoms with Crippen LogP contribution >= 0.6 is 0 Å². The van der Waals surface area contributed by atoms with Gasteiger partial charge in [0.25, 0.3) is 0 Å². The third-order valence-electron chi connectivity index (χ3n) is 2.90. The van der Waals surface area contributed by atoms with E-state index in [1.807, 2.05) is 20.8 Å². The Bertz CT molecular complexity index is 541. The van der Waals surface area contributed by atoms with Gasteiger partial charge in [-0.15, -0.1) is 0 Å². The maximum absolute atomic E-state index is 11.5. The van der Waals surface area contributed by atoms with Crippen LogP contribution in [0.25, 0.3) is 0 Å². The number of rotatable bonds is 5. The highest BCUT2D eigenvalue weighted by molar-refractivity contribution is 6.50. The summed E-state index contributed by atoms with van der Waals surface area (Å²) < 4.78 is 16.0. The van der Waals surface area contributed by atoms with Crippen molar-refractivity contribution in [3.63, 3.8) is 0 Å². The van der Waals surface area contributed by atoms with Crippen LogP contribution in [-0.4, -0.2) is 37.4 Å². The van der Waals surface area contributed by atoms with Crippen LogP contribution in [0.3, 0.4) is 0 Å². The standard InChI is InChI=1S/C15H21BNO5/c1-15(2,3)22-14(19)17-5-4-6-20-12-8-11(18)7-10-9-21-16-13(10)12/h7-8,18H,4-6,9H2,1-3H3,(H,17,19). The molecule has 0 saturated heterocycles. The molecule has 1 heterocycles. The van der Waals surface area contributed by atoms with Gasteiger partial charge in [-0.1, -0.05) is 0 Å². The number of carbonyl (C=O) groups excluding carboxylic acids is 1. The second-order valence-corrected chi connectivity index (χ2v) is 6.08. The number of phenols is 1. The van der Waals surface area contributed by atoms with E-state index < -0.39 is 11.7 Å². The van der Waals surface area contributed by atoms with E-state index in [-0.39, 0.29) is 5.75 Å². The molecular formula is C15H21BNO5. The summed E-state index contributed by atoms with van der Waals surface area (Å²) in [7, 11) is 1.63. The summed E-state index contributed by atoms with van der Waals surface area (Å²) >= 11 is 0. The van der Waals surface area contributed by atoms with E-state index >= 15 is 0 Å². The first-order valence-corrected chi connectivity index (χ1v) is 7.25. The number of nitrogens with one attached hydrogen (secondary N) is 1. The van der Waals surface area contributed by atoms with Crippen molar-refractivity contribution in [1.29, 1.82) is 0 Å². The van der Waals surface area contributed by atoms with Gasteiger partial charge in [0.05, 0.1) is 13.2 Å². The van der Waals surface area contributed by atoms with Crippen LogP contribution in [0.5, 0.6) is 11.5 Å². The molecule has 0 spiro atoms. The molecule has 1 aromatic rings. The van der Waals surface area contributed by atoms with Gasteiger partial charge < -0.3 is 24.6 Å². The highest BCUT2D eigenvalue weighted by Crippen LogP contribution is 2.22. The van der Waals surface area contributed by atoms with Gasteiger partial charge in [0.1, 0.15) is 17.1 Å². The smallest absolute Gasteiger partial charge is 0.407 e. The number of carbonyl (C=O) groups is 1. The van der Waals surface area contributed by atoms with Crippen LogP contribution in [0, 0.1) is 0 Å². The van der Waals surface area contributed by atoms with Crippen molar-refractivity contribution in [2.45, 2.75) is 39.4 Å². The Morgan fingerprint density at radius 3 is 2.95 bits per heavy atom. The fraction of sp³-hybridized carbons (Fsp3) is 0.533. The van der Waals surface area contributed by atoms with E-state index in [2.05, 4.69) is 5.32 Å². The Morgan fingerprint density at radius 1 is 1.45 bits per heavy atom. The van der Waals surface area contributed by atoms with E-state index in [0.29, 0.717) is 31.9 Å². The number of benzene rings is 1. The molecule has 0 fully saturated rings. The first-order valence-electron chi connectivity index (χ1n) is 7.25. The van der Waals surface area contributed by atoms with Crippen molar-refractivity contribution in [2.24, 2.45) is 0 Å². The molecule has 1 aliphatic heterocycles. The van der Waals surface area contributed by atoms with Gasteiger partial charge in [-0.25, -0.2) is 4.79 Å². The average Bonchev–Trinajstić information content (AvgIpc) is 2.84. The Kier molecular flexibility index (Phi) is 5.18. The van der Waals surface area contributed by atoms with Crippen LogP contribution in [0.2, 0.25) is 0 Å². The normalized spacial score (nSPS) is 13.2. The Labute approximate surface area is 131 Å². The van der Waals surface area contributed by atoms with Crippen molar-refractivity contribution in [3.8, 4) is 11.5 Å². The summed E-state index contributed by atoms with van der Waals surface area (Å²) in [5.74, 6) is 0.740. The second kappa shape index (κ2) is 6.92. The number of phenolic OH excluding ortho intramolecular Hbond substituents is 1. The first kappa shape index (κ1) is 16.5. The van der Waals surface area contributed by atoms with Crippen LogP contribution in [0.4, 0.5) is 4.79 Å². The number of aromatic hydroxyl groups is 1. The number of hydrogen-bond donors (Lipinski definition) is 2. The lowest BCUT2D eigenvalue weighted by molar-refractivity contribution is 0.0525. The lowest BCUT2D eigenvalue weighted by Crippen LogP contribution is -2.33. The van der Waals surface area contributed by atoms with Crippen molar-refractivity contribution in [2.75, 3.05) is 13.2 Å². The molecule has 6 nitrogen and oxygen atoms in total. The Balaban J connectivity index is 1.73. The molecule has 0 saturated carbocycles. The molecule has 1 amide bonds. The average molecular weight is 306 g/mol. The predicted octanol–water partition coefficient (Wildman–Crippen LogP) is 1.46. The zero-order valence-electron chi connectivity index (χ0n) is 13.1. The van der Waals surface area contributed by atoms with Gasteiger partial charge >= 0.3 is 13.6 Å². The first-order chi connectivity index (χ1) is 10.3. The second-order valence-electron chi connectivity index (χ2n) is 6.08. The maximum Gasteiger partial charge on any atom is 0.407 e. The molecular weight excluding hydrogens is 285 g/mol. The molecule has 1 radical (unpaired) electrons. The number of hydrogen-bond acceptors (Lipinski definition) is 5. The van der Waals surface area contributed by atoms with Crippen molar-refractivity contribution in [3.05, 3.63) is 17.7 Å². The number of amides is 1. The molecule has 1 aromatic carbocycles. The predicted molar refractivity (Wildman–Crippen MR) is 82.6 cm³/mol. The minimum Gasteiger partial charge on any atom is -0.508 e. The summed E-state index contributed by atoms with van der Waals surface area (Å²) in [6.45, 7) is 6.76. The van der Waals surface area contributed by atoms with E-state index in [0.717, 1.165) is 11.0 Å². The molecule has 0 aromatic heterocycles. The zero-order chi connectivity index (χ0) is 16.2. The Hall–Kier alpha value is -1.89. The van der Waals surface area contributed by atoms with Gasteiger partial charge in [0, 0.05) is 12.6 Å². The topological polar surface area (TPSA) is 77.0 Å². The fourth-order valence-corrected chi connectivity index (χ4v) is 2.01. The van der Waals surface area contributed by atoms with Gasteiger partial charge in [0.2, 0.25) is 0 Å². The van der Waals surface area contributed by atoms with E-state index in [1.54, 1.807) is 19.6 Å². The monoisotopic (exact) mass is 306 g/mol. The maximum atomic E-state index is 11.5. The van der Waals surface area contributed by atoms with E-state index in [9.17, 15) is 9.90 Å². The van der Waals surface area contributed by atoms with Gasteiger partial charge in [-0.2, -0.15) is 0 Å². The molecule has 7 heteroatoms. The summed E-state index contributed by atoms with van der Waals surface area (Å²) in [6, 6.07) is 3.22. The van der Waals surface area contributed by atoms with E-state index in [1.165, 1.54) is 0 Å². The molecule has 2 rings (SSSR count). The van der Waals surface area contributed by atoms with Crippen LogP contribution in [-0.2, 0) is 16.0 Å². The fourth-order valence-electron chi connectivity index (χ4n) is 2.01.